The van der Waals surface area contributed by atoms with E-state index in [1.54, 1.807) is 0 Å². The van der Waals surface area contributed by atoms with E-state index in [0.29, 0.717) is 0 Å². The molecular formula is C14H18INO2. The van der Waals surface area contributed by atoms with Crippen LogP contribution in [0.1, 0.15) is 31.9 Å². The van der Waals surface area contributed by atoms with Crippen molar-refractivity contribution in [2.75, 3.05) is 6.54 Å². The Bertz CT molecular complexity index is 432. The number of carboxylic acid groups (broad SMARTS) is 1. The molecule has 4 heteroatoms. The van der Waals surface area contributed by atoms with Gasteiger partial charge in [-0.2, -0.15) is 0 Å². The molecule has 18 heavy (non-hydrogen) atoms. The average molecular weight is 359 g/mol. The summed E-state index contributed by atoms with van der Waals surface area (Å²) in [5.74, 6) is -0.892. The minimum absolute atomic E-state index is 0.108. The smallest absolute Gasteiger partial charge is 0.308 e. The van der Waals surface area contributed by atoms with Gasteiger partial charge in [0.15, 0.2) is 0 Å². The van der Waals surface area contributed by atoms with E-state index >= 15 is 0 Å². The monoisotopic (exact) mass is 359 g/mol. The summed E-state index contributed by atoms with van der Waals surface area (Å²) in [5.41, 5.74) is 1.26. The number of benzene rings is 1. The molecule has 1 aliphatic heterocycles. The van der Waals surface area contributed by atoms with Gasteiger partial charge >= 0.3 is 5.97 Å². The minimum atomic E-state index is -0.667. The number of carboxylic acids is 1. The van der Waals surface area contributed by atoms with Crippen LogP contribution in [0.25, 0.3) is 0 Å². The highest BCUT2D eigenvalue weighted by Gasteiger charge is 2.37. The first-order valence-corrected chi connectivity index (χ1v) is 7.32. The predicted octanol–water partition coefficient (Wildman–Crippen LogP) is 3.15. The molecule has 0 bridgehead atoms. The Morgan fingerprint density at radius 1 is 1.44 bits per heavy atom. The Kier molecular flexibility index (Phi) is 4.27. The number of hydrogen-bond acceptors (Lipinski definition) is 2. The summed E-state index contributed by atoms with van der Waals surface area (Å²) in [7, 11) is 0. The molecule has 3 nitrogen and oxygen atoms in total. The summed E-state index contributed by atoms with van der Waals surface area (Å²) in [4.78, 5) is 13.4. The largest absolute Gasteiger partial charge is 0.481 e. The quantitative estimate of drug-likeness (QED) is 0.843. The summed E-state index contributed by atoms with van der Waals surface area (Å²) in [6.07, 6.45) is 0.755. The molecule has 98 valence electrons. The normalized spacial score (nSPS) is 26.2. The van der Waals surface area contributed by atoms with Crippen LogP contribution >= 0.6 is 22.6 Å². The molecule has 1 aliphatic rings. The fourth-order valence-electron chi connectivity index (χ4n) is 2.77. The molecule has 3 atom stereocenters. The molecule has 0 amide bonds. The Balaban J connectivity index is 2.13. The standard InChI is InChI=1S/C14H18INO2/c1-9(11-3-5-12(15)6-4-11)16-8-7-13(10(16)2)14(17)18/h3-6,9-10,13H,7-8H2,1-2H3,(H,17,18). The van der Waals surface area contributed by atoms with Crippen LogP contribution in [0.4, 0.5) is 0 Å². The number of likely N-dealkylation sites (tertiary alicyclic amines) is 1. The first kappa shape index (κ1) is 13.8. The molecule has 0 aromatic heterocycles. The summed E-state index contributed by atoms with van der Waals surface area (Å²) in [6.45, 7) is 5.04. The summed E-state index contributed by atoms with van der Waals surface area (Å²) < 4.78 is 1.22. The third-order valence-electron chi connectivity index (χ3n) is 3.97. The van der Waals surface area contributed by atoms with E-state index in [2.05, 4.69) is 58.7 Å². The highest BCUT2D eigenvalue weighted by Crippen LogP contribution is 2.32. The summed E-state index contributed by atoms with van der Waals surface area (Å²) in [5, 5.41) is 9.16. The number of rotatable bonds is 3. The van der Waals surface area contributed by atoms with Crippen LogP contribution in [0.3, 0.4) is 0 Å². The van der Waals surface area contributed by atoms with Crippen molar-refractivity contribution < 1.29 is 9.90 Å². The second-order valence-electron chi connectivity index (χ2n) is 4.94. The molecule has 3 unspecified atom stereocenters. The fraction of sp³-hybridized carbons (Fsp3) is 0.500. The molecule has 0 spiro atoms. The van der Waals surface area contributed by atoms with E-state index in [1.165, 1.54) is 9.13 Å². The lowest BCUT2D eigenvalue weighted by molar-refractivity contribution is -0.142. The zero-order valence-electron chi connectivity index (χ0n) is 10.6. The van der Waals surface area contributed by atoms with Crippen LogP contribution in [-0.4, -0.2) is 28.6 Å². The van der Waals surface area contributed by atoms with Crippen LogP contribution in [-0.2, 0) is 4.79 Å². The fourth-order valence-corrected chi connectivity index (χ4v) is 3.13. The number of aliphatic carboxylic acids is 1. The molecule has 0 saturated carbocycles. The number of nitrogens with zero attached hydrogens (tertiary/aromatic N) is 1. The Morgan fingerprint density at radius 3 is 2.56 bits per heavy atom. The van der Waals surface area contributed by atoms with E-state index in [4.69, 9.17) is 5.11 Å². The lowest BCUT2D eigenvalue weighted by Crippen LogP contribution is -2.34. The van der Waals surface area contributed by atoms with E-state index < -0.39 is 5.97 Å². The predicted molar refractivity (Wildman–Crippen MR) is 79.5 cm³/mol. The van der Waals surface area contributed by atoms with Crippen LogP contribution in [0.2, 0.25) is 0 Å². The van der Waals surface area contributed by atoms with E-state index in [1.807, 2.05) is 6.92 Å². The molecule has 2 rings (SSSR count). The number of halogens is 1. The van der Waals surface area contributed by atoms with E-state index in [-0.39, 0.29) is 18.0 Å². The van der Waals surface area contributed by atoms with E-state index in [9.17, 15) is 4.79 Å². The van der Waals surface area contributed by atoms with Gasteiger partial charge in [0, 0.05) is 15.7 Å². The van der Waals surface area contributed by atoms with Gasteiger partial charge in [0.1, 0.15) is 0 Å². The molecule has 1 saturated heterocycles. The van der Waals surface area contributed by atoms with Gasteiger partial charge in [-0.05, 0) is 67.1 Å². The third kappa shape index (κ3) is 2.69. The highest BCUT2D eigenvalue weighted by atomic mass is 127. The van der Waals surface area contributed by atoms with Crippen molar-refractivity contribution in [2.24, 2.45) is 5.92 Å². The van der Waals surface area contributed by atoms with Gasteiger partial charge in [0.05, 0.1) is 5.92 Å². The zero-order chi connectivity index (χ0) is 13.3. The van der Waals surface area contributed by atoms with Crippen LogP contribution in [0.5, 0.6) is 0 Å². The first-order valence-electron chi connectivity index (χ1n) is 6.24. The molecule has 1 aromatic rings. The number of carbonyl (C=O) groups is 1. The van der Waals surface area contributed by atoms with Crippen molar-refractivity contribution in [3.63, 3.8) is 0 Å². The Morgan fingerprint density at radius 2 is 2.06 bits per heavy atom. The van der Waals surface area contributed by atoms with Crippen molar-refractivity contribution in [1.82, 2.24) is 4.90 Å². The molecule has 0 radical (unpaired) electrons. The molecular weight excluding hydrogens is 341 g/mol. The van der Waals surface area contributed by atoms with Crippen molar-refractivity contribution in [1.29, 1.82) is 0 Å². The van der Waals surface area contributed by atoms with Gasteiger partial charge in [0.2, 0.25) is 0 Å². The maximum atomic E-state index is 11.1. The Labute approximate surface area is 121 Å². The molecule has 0 aliphatic carbocycles. The topological polar surface area (TPSA) is 40.5 Å². The third-order valence-corrected chi connectivity index (χ3v) is 4.69. The first-order chi connectivity index (χ1) is 8.50. The van der Waals surface area contributed by atoms with Crippen LogP contribution < -0.4 is 0 Å². The molecule has 1 N–H and O–H groups in total. The maximum Gasteiger partial charge on any atom is 0.308 e. The SMILES string of the molecule is CC(c1ccc(I)cc1)N1CCC(C(=O)O)C1C. The molecule has 1 aromatic carbocycles. The summed E-state index contributed by atoms with van der Waals surface area (Å²) >= 11 is 2.29. The highest BCUT2D eigenvalue weighted by molar-refractivity contribution is 14.1. The van der Waals surface area contributed by atoms with Crippen LogP contribution in [0, 0.1) is 9.49 Å². The minimum Gasteiger partial charge on any atom is -0.481 e. The lowest BCUT2D eigenvalue weighted by atomic mass is 10.0. The average Bonchev–Trinajstić information content (AvgIpc) is 2.71. The number of hydrogen-bond donors (Lipinski definition) is 1. The van der Waals surface area contributed by atoms with Crippen molar-refractivity contribution in [3.8, 4) is 0 Å². The van der Waals surface area contributed by atoms with Crippen molar-refractivity contribution in [3.05, 3.63) is 33.4 Å². The molecule has 1 heterocycles. The van der Waals surface area contributed by atoms with Gasteiger partial charge in [-0.15, -0.1) is 0 Å². The maximum absolute atomic E-state index is 11.1. The van der Waals surface area contributed by atoms with Gasteiger partial charge < -0.3 is 5.11 Å². The van der Waals surface area contributed by atoms with Crippen molar-refractivity contribution >= 4 is 28.6 Å². The molecule has 1 fully saturated rings. The van der Waals surface area contributed by atoms with E-state index in [0.717, 1.165) is 13.0 Å². The lowest BCUT2D eigenvalue weighted by Gasteiger charge is -2.30. The van der Waals surface area contributed by atoms with Gasteiger partial charge in [-0.3, -0.25) is 9.69 Å². The zero-order valence-corrected chi connectivity index (χ0v) is 12.8. The van der Waals surface area contributed by atoms with Gasteiger partial charge in [0.25, 0.3) is 0 Å². The van der Waals surface area contributed by atoms with Crippen molar-refractivity contribution in [2.45, 2.75) is 32.4 Å². The van der Waals surface area contributed by atoms with Crippen LogP contribution in [0.15, 0.2) is 24.3 Å². The van der Waals surface area contributed by atoms with Gasteiger partial charge in [-0.1, -0.05) is 12.1 Å². The Hall–Kier alpha value is -0.620. The second-order valence-corrected chi connectivity index (χ2v) is 6.18. The second kappa shape index (κ2) is 5.57. The summed E-state index contributed by atoms with van der Waals surface area (Å²) in [6, 6.07) is 8.85. The van der Waals surface area contributed by atoms with Gasteiger partial charge in [-0.25, -0.2) is 0 Å².